The van der Waals surface area contributed by atoms with E-state index in [1.54, 1.807) is 7.11 Å². The average molecular weight is 656 g/mol. The van der Waals surface area contributed by atoms with Gasteiger partial charge in [0.05, 0.1) is 36.4 Å². The number of halogens is 1. The van der Waals surface area contributed by atoms with Crippen LogP contribution in [0.3, 0.4) is 0 Å². The van der Waals surface area contributed by atoms with E-state index in [0.29, 0.717) is 50.3 Å². The number of amides is 3. The Balaban J connectivity index is 1.25. The molecular weight excluding hydrogens is 610 g/mol. The first-order valence-electron chi connectivity index (χ1n) is 15.6. The number of guanidine groups is 1. The van der Waals surface area contributed by atoms with Crippen LogP contribution in [0.25, 0.3) is 21.8 Å². The highest BCUT2D eigenvalue weighted by Gasteiger charge is 2.14. The fourth-order valence-corrected chi connectivity index (χ4v) is 5.00. The number of carbonyl (C=O) groups is 3. The van der Waals surface area contributed by atoms with Crippen LogP contribution in [0.2, 0.25) is 5.02 Å². The summed E-state index contributed by atoms with van der Waals surface area (Å²) < 4.78 is 5.43. The molecule has 3 amide bonds. The van der Waals surface area contributed by atoms with Crippen LogP contribution < -0.4 is 43.2 Å². The third-order valence-electron chi connectivity index (χ3n) is 7.30. The molecule has 0 spiro atoms. The van der Waals surface area contributed by atoms with E-state index >= 15 is 0 Å². The number of carbonyl (C=O) groups excluding carboxylic acids is 3. The summed E-state index contributed by atoms with van der Waals surface area (Å²) in [5.41, 5.74) is 19.0. The number of nitrogens with zero attached hydrogens (tertiary/aromatic N) is 2. The number of ether oxygens (including phenoxy) is 1. The lowest BCUT2D eigenvalue weighted by atomic mass is 10.1. The number of fused-ring (bicyclic) bond motifs is 2. The van der Waals surface area contributed by atoms with Gasteiger partial charge in [-0.25, -0.2) is 4.98 Å². The monoisotopic (exact) mass is 655 g/mol. The molecule has 1 atom stereocenters. The average Bonchev–Trinajstić information content (AvgIpc) is 3.04. The highest BCUT2D eigenvalue weighted by molar-refractivity contribution is 6.31. The summed E-state index contributed by atoms with van der Waals surface area (Å²) in [6.07, 6.45) is 5.62. The van der Waals surface area contributed by atoms with E-state index in [2.05, 4.69) is 26.3 Å². The fourth-order valence-electron chi connectivity index (χ4n) is 4.84. The largest absolute Gasteiger partial charge is 0.497 e. The van der Waals surface area contributed by atoms with Crippen molar-refractivity contribution in [3.05, 3.63) is 41.4 Å². The molecule has 13 nitrogen and oxygen atoms in total. The fraction of sp³-hybridized carbons (Fsp3) is 0.469. The lowest BCUT2D eigenvalue weighted by Crippen LogP contribution is -2.45. The van der Waals surface area contributed by atoms with Crippen LogP contribution in [0.15, 0.2) is 41.4 Å². The Bertz CT molecular complexity index is 1500. The van der Waals surface area contributed by atoms with Crippen LogP contribution in [0.1, 0.15) is 51.4 Å². The zero-order chi connectivity index (χ0) is 33.3. The van der Waals surface area contributed by atoms with Crippen molar-refractivity contribution in [2.45, 2.75) is 57.4 Å². The van der Waals surface area contributed by atoms with E-state index in [9.17, 15) is 14.4 Å². The molecule has 0 saturated carbocycles. The molecule has 1 heterocycles. The standard InChI is InChI=1S/C32H46ClN9O4/c1-46-22-11-13-26-24(19-22)30(23-12-10-21(33)18-27(23)42-26)39-15-5-3-2-4-14-37-28(43)9-7-16-38-29(44)20-41-31(45)25(34)8-6-17-40-32(35)36/h10-13,18-19,25H,2-9,14-17,20,34H2,1H3,(H,37,43)(H,38,44)(H,39,42)(H,41,45)(H4,35,36,40). The van der Waals surface area contributed by atoms with Gasteiger partial charge in [0, 0.05) is 48.4 Å². The number of aromatic nitrogens is 1. The second-order valence-electron chi connectivity index (χ2n) is 10.9. The molecule has 2 aromatic carbocycles. The normalized spacial score (nSPS) is 11.5. The molecule has 0 radical (unpaired) electrons. The van der Waals surface area contributed by atoms with Gasteiger partial charge in [0.2, 0.25) is 17.7 Å². The van der Waals surface area contributed by atoms with Crippen molar-refractivity contribution in [2.24, 2.45) is 22.2 Å². The van der Waals surface area contributed by atoms with Crippen LogP contribution in [-0.2, 0) is 14.4 Å². The Morgan fingerprint density at radius 3 is 2.37 bits per heavy atom. The molecule has 14 heteroatoms. The Kier molecular flexibility index (Phi) is 15.1. The molecule has 1 unspecified atom stereocenters. The molecule has 10 N–H and O–H groups in total. The molecule has 250 valence electrons. The van der Waals surface area contributed by atoms with Gasteiger partial charge in [-0.3, -0.25) is 19.4 Å². The van der Waals surface area contributed by atoms with Crippen molar-refractivity contribution in [3.63, 3.8) is 0 Å². The summed E-state index contributed by atoms with van der Waals surface area (Å²) in [6, 6.07) is 10.8. The second kappa shape index (κ2) is 19.2. The van der Waals surface area contributed by atoms with Crippen molar-refractivity contribution in [1.29, 1.82) is 0 Å². The summed E-state index contributed by atoms with van der Waals surface area (Å²) >= 11 is 6.22. The molecule has 0 aliphatic heterocycles. The van der Waals surface area contributed by atoms with Gasteiger partial charge in [0.15, 0.2) is 5.96 Å². The maximum Gasteiger partial charge on any atom is 0.239 e. The predicted octanol–water partition coefficient (Wildman–Crippen LogP) is 2.53. The first-order valence-corrected chi connectivity index (χ1v) is 16.0. The third kappa shape index (κ3) is 12.2. The number of pyridine rings is 1. The van der Waals surface area contributed by atoms with E-state index < -0.39 is 11.9 Å². The zero-order valence-corrected chi connectivity index (χ0v) is 27.1. The topological polar surface area (TPSA) is 212 Å². The van der Waals surface area contributed by atoms with Gasteiger partial charge in [-0.15, -0.1) is 0 Å². The summed E-state index contributed by atoms with van der Waals surface area (Å²) in [4.78, 5) is 44.7. The minimum atomic E-state index is -0.749. The summed E-state index contributed by atoms with van der Waals surface area (Å²) in [5.74, 6) is -0.0532. The minimum absolute atomic E-state index is 0.0116. The van der Waals surface area contributed by atoms with Crippen molar-refractivity contribution in [1.82, 2.24) is 20.9 Å². The number of nitrogens with one attached hydrogen (secondary N) is 4. The van der Waals surface area contributed by atoms with Gasteiger partial charge in [-0.2, -0.15) is 0 Å². The van der Waals surface area contributed by atoms with Crippen LogP contribution >= 0.6 is 11.6 Å². The first-order chi connectivity index (χ1) is 22.2. The number of unbranched alkanes of at least 4 members (excludes halogenated alkanes) is 3. The van der Waals surface area contributed by atoms with Crippen LogP contribution in [0, 0.1) is 0 Å². The maximum atomic E-state index is 12.1. The van der Waals surface area contributed by atoms with E-state index in [-0.39, 0.29) is 24.3 Å². The molecule has 3 rings (SSSR count). The second-order valence-corrected chi connectivity index (χ2v) is 11.4. The van der Waals surface area contributed by atoms with Crippen LogP contribution in [-0.4, -0.2) is 74.5 Å². The molecule has 1 aromatic heterocycles. The molecule has 3 aromatic rings. The lowest BCUT2D eigenvalue weighted by molar-refractivity contribution is -0.126. The van der Waals surface area contributed by atoms with Gasteiger partial charge in [0.1, 0.15) is 5.75 Å². The maximum absolute atomic E-state index is 12.1. The Morgan fingerprint density at radius 1 is 0.870 bits per heavy atom. The lowest BCUT2D eigenvalue weighted by Gasteiger charge is -2.14. The molecular formula is C32H46ClN9O4. The molecule has 0 fully saturated rings. The first kappa shape index (κ1) is 36.1. The molecule has 46 heavy (non-hydrogen) atoms. The quantitative estimate of drug-likeness (QED) is 0.0412. The SMILES string of the molecule is COc1ccc2nc3cc(Cl)ccc3c(NCCCCCCNC(=O)CCCNC(=O)CNC(=O)C(N)CCCN=C(N)N)c2c1. The highest BCUT2D eigenvalue weighted by atomic mass is 35.5. The van der Waals surface area contributed by atoms with Crippen molar-refractivity contribution >= 4 is 62.8 Å². The van der Waals surface area contributed by atoms with Gasteiger partial charge in [-0.1, -0.05) is 24.4 Å². The highest BCUT2D eigenvalue weighted by Crippen LogP contribution is 2.34. The van der Waals surface area contributed by atoms with Gasteiger partial charge in [-0.05, 0) is 68.5 Å². The summed E-state index contributed by atoms with van der Waals surface area (Å²) in [6.45, 7) is 1.94. The van der Waals surface area contributed by atoms with Crippen molar-refractivity contribution in [3.8, 4) is 5.75 Å². The van der Waals surface area contributed by atoms with Crippen molar-refractivity contribution in [2.75, 3.05) is 45.2 Å². The summed E-state index contributed by atoms with van der Waals surface area (Å²) in [7, 11) is 1.65. The predicted molar refractivity (Wildman–Crippen MR) is 184 cm³/mol. The van der Waals surface area contributed by atoms with Crippen LogP contribution in [0.5, 0.6) is 5.75 Å². The van der Waals surface area contributed by atoms with Gasteiger partial charge < -0.3 is 43.2 Å². The number of rotatable bonds is 20. The zero-order valence-electron chi connectivity index (χ0n) is 26.4. The van der Waals surface area contributed by atoms with E-state index in [4.69, 9.17) is 38.5 Å². The number of hydrogen-bond donors (Lipinski definition) is 7. The Morgan fingerprint density at radius 2 is 1.61 bits per heavy atom. The number of aliphatic imine (C=N–C) groups is 1. The van der Waals surface area contributed by atoms with E-state index in [0.717, 1.165) is 65.5 Å². The molecule has 0 aliphatic carbocycles. The smallest absolute Gasteiger partial charge is 0.239 e. The summed E-state index contributed by atoms with van der Waals surface area (Å²) in [5, 5.41) is 14.4. The number of anilines is 1. The van der Waals surface area contributed by atoms with E-state index in [1.165, 1.54) is 0 Å². The van der Waals surface area contributed by atoms with Gasteiger partial charge >= 0.3 is 0 Å². The minimum Gasteiger partial charge on any atom is -0.497 e. The number of nitrogens with two attached hydrogens (primary N) is 3. The molecule has 0 aliphatic rings. The molecule has 0 bridgehead atoms. The van der Waals surface area contributed by atoms with E-state index in [1.807, 2.05) is 36.4 Å². The third-order valence-corrected chi connectivity index (χ3v) is 7.54. The number of benzene rings is 2. The Labute approximate surface area is 274 Å². The Hall–Kier alpha value is -4.36. The van der Waals surface area contributed by atoms with Gasteiger partial charge in [0.25, 0.3) is 0 Å². The van der Waals surface area contributed by atoms with Crippen molar-refractivity contribution < 1.29 is 19.1 Å². The number of hydrogen-bond acceptors (Lipinski definition) is 8. The molecule has 0 saturated heterocycles. The number of methoxy groups -OCH3 is 1. The van der Waals surface area contributed by atoms with Crippen LogP contribution in [0.4, 0.5) is 5.69 Å².